The molecule has 3 aromatic rings. The summed E-state index contributed by atoms with van der Waals surface area (Å²) in [4.78, 5) is 12.4. The van der Waals surface area contributed by atoms with Crippen LogP contribution in [0.5, 0.6) is 23.0 Å². The van der Waals surface area contributed by atoms with Crippen molar-refractivity contribution in [3.63, 3.8) is 0 Å². The maximum Gasteiger partial charge on any atom is 0.262 e. The van der Waals surface area contributed by atoms with Crippen LogP contribution in [0.15, 0.2) is 59.1 Å². The molecule has 0 spiro atoms. The summed E-state index contributed by atoms with van der Waals surface area (Å²) in [5.41, 5.74) is 3.53. The molecule has 3 aromatic carbocycles. The van der Waals surface area contributed by atoms with Crippen molar-refractivity contribution in [1.82, 2.24) is 0 Å². The quantitative estimate of drug-likeness (QED) is 0.448. The van der Waals surface area contributed by atoms with Gasteiger partial charge in [0.05, 0.1) is 7.11 Å². The minimum atomic E-state index is -0.259. The summed E-state index contributed by atoms with van der Waals surface area (Å²) >= 11 is 3.58. The van der Waals surface area contributed by atoms with Crippen molar-refractivity contribution >= 4 is 33.2 Å². The first kappa shape index (κ1) is 21.8. The smallest absolute Gasteiger partial charge is 0.262 e. The van der Waals surface area contributed by atoms with E-state index in [2.05, 4.69) is 26.6 Å². The summed E-state index contributed by atoms with van der Waals surface area (Å²) in [5, 5.41) is 6.19. The second kappa shape index (κ2) is 9.82. The minimum absolute atomic E-state index is 0.155. The monoisotopic (exact) mass is 498 g/mol. The summed E-state index contributed by atoms with van der Waals surface area (Å²) in [6, 6.07) is 16.9. The van der Waals surface area contributed by atoms with Gasteiger partial charge in [0, 0.05) is 34.0 Å². The zero-order chi connectivity index (χ0) is 22.5. The van der Waals surface area contributed by atoms with E-state index >= 15 is 0 Å². The van der Waals surface area contributed by atoms with Gasteiger partial charge in [-0.25, -0.2) is 0 Å². The number of ether oxygens (including phenoxy) is 4. The average molecular weight is 499 g/mol. The molecule has 32 heavy (non-hydrogen) atoms. The Balaban J connectivity index is 1.46. The average Bonchev–Trinajstić information content (AvgIpc) is 3.26. The van der Waals surface area contributed by atoms with Crippen LogP contribution in [-0.2, 0) is 11.3 Å². The molecular weight excluding hydrogens is 476 g/mol. The molecule has 8 heteroatoms. The number of hydrogen-bond acceptors (Lipinski definition) is 6. The maximum atomic E-state index is 12.4. The van der Waals surface area contributed by atoms with E-state index in [9.17, 15) is 4.79 Å². The first-order valence-electron chi connectivity index (χ1n) is 10.0. The summed E-state index contributed by atoms with van der Waals surface area (Å²) in [6.45, 7) is 2.50. The molecule has 0 fully saturated rings. The Morgan fingerprint density at radius 1 is 1.03 bits per heavy atom. The molecule has 0 aliphatic carbocycles. The summed E-state index contributed by atoms with van der Waals surface area (Å²) in [6.07, 6.45) is 0. The highest BCUT2D eigenvalue weighted by molar-refractivity contribution is 9.10. The molecule has 4 rings (SSSR count). The number of hydrogen-bond donors (Lipinski definition) is 2. The Kier molecular flexibility index (Phi) is 6.70. The lowest BCUT2D eigenvalue weighted by atomic mass is 10.1. The van der Waals surface area contributed by atoms with Crippen LogP contribution < -0.4 is 29.6 Å². The zero-order valence-electron chi connectivity index (χ0n) is 17.7. The highest BCUT2D eigenvalue weighted by Gasteiger charge is 2.17. The molecule has 1 aliphatic rings. The van der Waals surface area contributed by atoms with E-state index in [-0.39, 0.29) is 19.3 Å². The molecule has 2 N–H and O–H groups in total. The minimum Gasteiger partial charge on any atom is -0.493 e. The highest BCUT2D eigenvalue weighted by atomic mass is 79.9. The molecule has 7 nitrogen and oxygen atoms in total. The molecule has 1 heterocycles. The number of fused-ring (bicyclic) bond motifs is 1. The van der Waals surface area contributed by atoms with E-state index in [4.69, 9.17) is 18.9 Å². The van der Waals surface area contributed by atoms with Crippen molar-refractivity contribution in [2.24, 2.45) is 0 Å². The normalized spacial score (nSPS) is 11.7. The Morgan fingerprint density at radius 2 is 1.78 bits per heavy atom. The van der Waals surface area contributed by atoms with Gasteiger partial charge in [0.15, 0.2) is 29.6 Å². The van der Waals surface area contributed by atoms with Crippen LogP contribution in [0, 0.1) is 6.92 Å². The number of carbonyl (C=O) groups is 1. The Morgan fingerprint density at radius 3 is 2.56 bits per heavy atom. The largest absolute Gasteiger partial charge is 0.493 e. The lowest BCUT2D eigenvalue weighted by Crippen LogP contribution is -2.21. The summed E-state index contributed by atoms with van der Waals surface area (Å²) in [7, 11) is 1.57. The van der Waals surface area contributed by atoms with Gasteiger partial charge >= 0.3 is 0 Å². The van der Waals surface area contributed by atoms with Crippen LogP contribution >= 0.6 is 15.9 Å². The highest BCUT2D eigenvalue weighted by Crippen LogP contribution is 2.38. The topological polar surface area (TPSA) is 78.1 Å². The fourth-order valence-corrected chi connectivity index (χ4v) is 3.69. The van der Waals surface area contributed by atoms with Gasteiger partial charge in [0.2, 0.25) is 6.79 Å². The van der Waals surface area contributed by atoms with Gasteiger partial charge in [-0.1, -0.05) is 33.6 Å². The van der Waals surface area contributed by atoms with Crippen molar-refractivity contribution in [3.8, 4) is 23.0 Å². The molecule has 0 saturated carbocycles. The van der Waals surface area contributed by atoms with E-state index < -0.39 is 0 Å². The molecule has 1 amide bonds. The van der Waals surface area contributed by atoms with Gasteiger partial charge in [0.25, 0.3) is 5.91 Å². The number of halogens is 1. The maximum absolute atomic E-state index is 12.4. The predicted octanol–water partition coefficient (Wildman–Crippen LogP) is 5.12. The van der Waals surface area contributed by atoms with E-state index in [1.165, 1.54) is 0 Å². The van der Waals surface area contributed by atoms with E-state index in [0.717, 1.165) is 32.7 Å². The second-order valence-corrected chi connectivity index (χ2v) is 8.04. The van der Waals surface area contributed by atoms with Gasteiger partial charge in [0.1, 0.15) is 0 Å². The number of nitrogens with one attached hydrogen (secondary N) is 2. The fourth-order valence-electron chi connectivity index (χ4n) is 3.23. The second-order valence-electron chi connectivity index (χ2n) is 7.18. The number of methoxy groups -OCH3 is 1. The number of amides is 1. The first-order chi connectivity index (χ1) is 15.5. The molecule has 0 aromatic heterocycles. The van der Waals surface area contributed by atoms with Gasteiger partial charge in [-0.15, -0.1) is 0 Å². The molecule has 0 bridgehead atoms. The lowest BCUT2D eigenvalue weighted by Gasteiger charge is -2.17. The molecular formula is C24H23BrN2O5. The molecule has 0 saturated heterocycles. The Hall–Kier alpha value is -3.39. The lowest BCUT2D eigenvalue weighted by molar-refractivity contribution is -0.118. The van der Waals surface area contributed by atoms with Crippen LogP contribution in [0.4, 0.5) is 11.4 Å². The Labute approximate surface area is 194 Å². The number of aryl methyl sites for hydroxylation is 1. The molecule has 0 unspecified atom stereocenters. The van der Waals surface area contributed by atoms with Crippen LogP contribution in [0.1, 0.15) is 11.1 Å². The zero-order valence-corrected chi connectivity index (χ0v) is 19.3. The fraction of sp³-hybridized carbons (Fsp3) is 0.208. The van der Waals surface area contributed by atoms with E-state index in [0.29, 0.717) is 23.8 Å². The van der Waals surface area contributed by atoms with Crippen LogP contribution in [0.2, 0.25) is 0 Å². The van der Waals surface area contributed by atoms with Gasteiger partial charge < -0.3 is 29.6 Å². The molecule has 166 valence electrons. The van der Waals surface area contributed by atoms with Crippen molar-refractivity contribution in [3.05, 3.63) is 70.2 Å². The predicted molar refractivity (Wildman–Crippen MR) is 126 cm³/mol. The number of benzene rings is 3. The van der Waals surface area contributed by atoms with Crippen molar-refractivity contribution in [2.45, 2.75) is 13.5 Å². The van der Waals surface area contributed by atoms with E-state index in [1.54, 1.807) is 13.2 Å². The third kappa shape index (κ3) is 5.08. The van der Waals surface area contributed by atoms with E-state index in [1.807, 2.05) is 55.5 Å². The standard InChI is InChI=1S/C24H23BrN2O5/c1-15-3-5-16(6-4-15)27-23(28)13-30-24-18(19(25)8-10-21(24)29-2)12-26-17-7-9-20-22(11-17)32-14-31-20/h3-11,26H,12-14H2,1-2H3,(H,27,28). The van der Waals surface area contributed by atoms with Crippen molar-refractivity contribution in [2.75, 3.05) is 31.1 Å². The van der Waals surface area contributed by atoms with Gasteiger partial charge in [-0.2, -0.15) is 0 Å². The van der Waals surface area contributed by atoms with Gasteiger partial charge in [-0.3, -0.25) is 4.79 Å². The van der Waals surface area contributed by atoms with Crippen LogP contribution in [0.25, 0.3) is 0 Å². The number of rotatable bonds is 8. The molecule has 1 aliphatic heterocycles. The number of anilines is 2. The van der Waals surface area contributed by atoms with Crippen LogP contribution in [-0.4, -0.2) is 26.4 Å². The van der Waals surface area contributed by atoms with Crippen LogP contribution in [0.3, 0.4) is 0 Å². The number of carbonyl (C=O) groups excluding carboxylic acids is 1. The third-order valence-electron chi connectivity index (χ3n) is 4.91. The van der Waals surface area contributed by atoms with Crippen molar-refractivity contribution < 1.29 is 23.7 Å². The SMILES string of the molecule is COc1ccc(Br)c(CNc2ccc3c(c2)OCO3)c1OCC(=O)Nc1ccc(C)cc1. The third-order valence-corrected chi connectivity index (χ3v) is 5.65. The first-order valence-corrected chi connectivity index (χ1v) is 10.8. The summed E-state index contributed by atoms with van der Waals surface area (Å²) < 4.78 is 23.0. The summed E-state index contributed by atoms with van der Waals surface area (Å²) in [5.74, 6) is 2.20. The molecule has 0 radical (unpaired) electrons. The van der Waals surface area contributed by atoms with Crippen molar-refractivity contribution in [1.29, 1.82) is 0 Å². The Bertz CT molecular complexity index is 1120. The molecule has 0 atom stereocenters. The van der Waals surface area contributed by atoms with Gasteiger partial charge in [-0.05, 0) is 43.3 Å².